The molecule has 0 aromatic rings. The first-order chi connectivity index (χ1) is 8.22. The minimum atomic E-state index is 0.488. The van der Waals surface area contributed by atoms with Gasteiger partial charge < -0.3 is 0 Å². The van der Waals surface area contributed by atoms with Crippen LogP contribution in [-0.2, 0) is 0 Å². The van der Waals surface area contributed by atoms with Gasteiger partial charge in [0.1, 0.15) is 0 Å². The third kappa shape index (κ3) is 2.47. The fraction of sp³-hybridized carbons (Fsp3) is 0.176. The Morgan fingerprint density at radius 2 is 2.12 bits per heavy atom. The van der Waals surface area contributed by atoms with Crippen molar-refractivity contribution >= 4 is 0 Å². The molecular weight excluding hydrogens is 204 g/mol. The van der Waals surface area contributed by atoms with E-state index in [2.05, 4.69) is 50.5 Å². The number of allylic oxidation sites excluding steroid dienone is 12. The summed E-state index contributed by atoms with van der Waals surface area (Å²) in [5.74, 6) is 0.488. The summed E-state index contributed by atoms with van der Waals surface area (Å²) in [7, 11) is 0. The molecule has 0 spiro atoms. The van der Waals surface area contributed by atoms with E-state index in [1.165, 1.54) is 16.7 Å². The highest BCUT2D eigenvalue weighted by molar-refractivity contribution is 5.57. The van der Waals surface area contributed by atoms with Crippen LogP contribution in [0.2, 0.25) is 0 Å². The summed E-state index contributed by atoms with van der Waals surface area (Å²) in [6, 6.07) is 0. The monoisotopic (exact) mass is 222 g/mol. The lowest BCUT2D eigenvalue weighted by molar-refractivity contribution is 0.756. The zero-order valence-corrected chi connectivity index (χ0v) is 10.3. The largest absolute Gasteiger partial charge is 0.0985 e. The zero-order valence-electron chi connectivity index (χ0n) is 10.3. The number of hydrogen-bond acceptors (Lipinski definition) is 0. The molecule has 1 atom stereocenters. The second kappa shape index (κ2) is 5.01. The van der Waals surface area contributed by atoms with Gasteiger partial charge in [-0.05, 0) is 30.1 Å². The molecule has 0 heterocycles. The first-order valence-electron chi connectivity index (χ1n) is 5.98. The van der Waals surface area contributed by atoms with Crippen LogP contribution in [0.25, 0.3) is 0 Å². The molecule has 86 valence electrons. The Bertz CT molecular complexity index is 490. The van der Waals surface area contributed by atoms with Crippen molar-refractivity contribution in [2.75, 3.05) is 0 Å². The molecule has 0 radical (unpaired) electrons. The van der Waals surface area contributed by atoms with Gasteiger partial charge in [0, 0.05) is 5.92 Å². The van der Waals surface area contributed by atoms with Gasteiger partial charge in [0.2, 0.25) is 0 Å². The van der Waals surface area contributed by atoms with Crippen LogP contribution in [0.5, 0.6) is 0 Å². The van der Waals surface area contributed by atoms with E-state index in [1.807, 2.05) is 18.2 Å². The van der Waals surface area contributed by atoms with Crippen LogP contribution < -0.4 is 0 Å². The normalized spacial score (nSPS) is 30.5. The number of rotatable bonds is 1. The Balaban J connectivity index is 2.47. The third-order valence-electron chi connectivity index (χ3n) is 3.30. The second-order valence-electron chi connectivity index (χ2n) is 4.47. The van der Waals surface area contributed by atoms with Crippen molar-refractivity contribution in [1.29, 1.82) is 0 Å². The van der Waals surface area contributed by atoms with Gasteiger partial charge in [0.15, 0.2) is 0 Å². The molecule has 0 N–H and O–H groups in total. The van der Waals surface area contributed by atoms with Crippen molar-refractivity contribution in [2.24, 2.45) is 5.92 Å². The van der Waals surface area contributed by atoms with E-state index >= 15 is 0 Å². The maximum Gasteiger partial charge on any atom is 0.00213 e. The molecule has 0 aromatic carbocycles. The van der Waals surface area contributed by atoms with E-state index in [4.69, 9.17) is 0 Å². The van der Waals surface area contributed by atoms with E-state index in [9.17, 15) is 0 Å². The highest BCUT2D eigenvalue weighted by Crippen LogP contribution is 2.32. The van der Waals surface area contributed by atoms with Crippen molar-refractivity contribution in [3.63, 3.8) is 0 Å². The van der Waals surface area contributed by atoms with Crippen LogP contribution in [0.15, 0.2) is 84.1 Å². The lowest BCUT2D eigenvalue weighted by Crippen LogP contribution is -2.06. The maximum absolute atomic E-state index is 4.13. The predicted molar refractivity (Wildman–Crippen MR) is 75.6 cm³/mol. The topological polar surface area (TPSA) is 0 Å². The zero-order chi connectivity index (χ0) is 12.3. The van der Waals surface area contributed by atoms with Gasteiger partial charge in [-0.15, -0.1) is 0 Å². The molecule has 0 amide bonds. The van der Waals surface area contributed by atoms with E-state index in [0.29, 0.717) is 5.92 Å². The molecule has 1 unspecified atom stereocenters. The highest BCUT2D eigenvalue weighted by Gasteiger charge is 2.16. The van der Waals surface area contributed by atoms with E-state index in [1.54, 1.807) is 0 Å². The van der Waals surface area contributed by atoms with Crippen LogP contribution >= 0.6 is 0 Å². The van der Waals surface area contributed by atoms with Gasteiger partial charge in [0.25, 0.3) is 0 Å². The molecule has 2 bridgehead atoms. The van der Waals surface area contributed by atoms with E-state index in [0.717, 1.165) is 12.0 Å². The molecule has 0 fully saturated rings. The molecule has 0 aromatic heterocycles. The Morgan fingerprint density at radius 3 is 2.88 bits per heavy atom. The van der Waals surface area contributed by atoms with Crippen molar-refractivity contribution in [3.8, 4) is 0 Å². The third-order valence-corrected chi connectivity index (χ3v) is 3.30. The second-order valence-corrected chi connectivity index (χ2v) is 4.47. The first-order valence-corrected chi connectivity index (χ1v) is 5.98. The van der Waals surface area contributed by atoms with Crippen molar-refractivity contribution in [1.82, 2.24) is 0 Å². The van der Waals surface area contributed by atoms with Crippen LogP contribution in [0, 0.1) is 5.92 Å². The summed E-state index contributed by atoms with van der Waals surface area (Å²) in [6.07, 6.45) is 17.9. The molecule has 0 nitrogen and oxygen atoms in total. The van der Waals surface area contributed by atoms with Gasteiger partial charge in [-0.3, -0.25) is 0 Å². The molecule has 0 aliphatic heterocycles. The van der Waals surface area contributed by atoms with Gasteiger partial charge in [0.05, 0.1) is 0 Å². The molecule has 0 saturated heterocycles. The summed E-state index contributed by atoms with van der Waals surface area (Å²) >= 11 is 0. The average molecular weight is 222 g/mol. The molecule has 17 heavy (non-hydrogen) atoms. The lowest BCUT2D eigenvalue weighted by atomic mass is 9.83. The Kier molecular flexibility index (Phi) is 3.43. The summed E-state index contributed by atoms with van der Waals surface area (Å²) < 4.78 is 0. The van der Waals surface area contributed by atoms with E-state index < -0.39 is 0 Å². The fourth-order valence-electron chi connectivity index (χ4n) is 2.19. The van der Waals surface area contributed by atoms with Crippen LogP contribution in [0.3, 0.4) is 0 Å². The van der Waals surface area contributed by atoms with Crippen molar-refractivity contribution in [2.45, 2.75) is 13.3 Å². The Hall–Kier alpha value is -1.82. The van der Waals surface area contributed by atoms with Crippen LogP contribution in [0.1, 0.15) is 13.3 Å². The molecule has 0 heteroatoms. The molecule has 2 aliphatic rings. The highest BCUT2D eigenvalue weighted by atomic mass is 14.2. The van der Waals surface area contributed by atoms with Crippen molar-refractivity contribution in [3.05, 3.63) is 84.1 Å². The number of fused-ring (bicyclic) bond motifs is 1. The van der Waals surface area contributed by atoms with Crippen molar-refractivity contribution < 1.29 is 0 Å². The summed E-state index contributed by atoms with van der Waals surface area (Å²) in [5.41, 5.74) is 4.87. The molecular formula is C17H18. The van der Waals surface area contributed by atoms with Crippen LogP contribution in [-0.4, -0.2) is 0 Å². The Labute approximate surface area is 104 Å². The predicted octanol–water partition coefficient (Wildman–Crippen LogP) is 4.67. The summed E-state index contributed by atoms with van der Waals surface area (Å²) in [4.78, 5) is 0. The Morgan fingerprint density at radius 1 is 1.29 bits per heavy atom. The van der Waals surface area contributed by atoms with Gasteiger partial charge >= 0.3 is 0 Å². The average Bonchev–Trinajstić information content (AvgIpc) is 2.36. The SMILES string of the molecule is C=CC1=CCC2C=C1C(=C)\C=C/C=C/C=C\2C. The van der Waals surface area contributed by atoms with Gasteiger partial charge in [-0.1, -0.05) is 67.3 Å². The summed E-state index contributed by atoms with van der Waals surface area (Å²) in [6.45, 7) is 10.2. The number of hydrogen-bond donors (Lipinski definition) is 0. The molecule has 2 aliphatic carbocycles. The quantitative estimate of drug-likeness (QED) is 0.604. The summed E-state index contributed by atoms with van der Waals surface area (Å²) in [5, 5.41) is 0. The van der Waals surface area contributed by atoms with Crippen LogP contribution in [0.4, 0.5) is 0 Å². The molecule has 2 rings (SSSR count). The van der Waals surface area contributed by atoms with E-state index in [-0.39, 0.29) is 0 Å². The van der Waals surface area contributed by atoms with Gasteiger partial charge in [-0.25, -0.2) is 0 Å². The smallest absolute Gasteiger partial charge is 0.00213 e. The minimum Gasteiger partial charge on any atom is -0.0985 e. The first kappa shape index (κ1) is 11.7. The standard InChI is InChI=1S/C17H18/c1-4-15-10-11-16-12-17(15)14(3)9-7-5-6-8-13(16)2/h4-10,12,16H,1,3,11H2,2H3/b6-5+,9-7-,13-8-. The maximum atomic E-state index is 4.13. The molecule has 0 saturated carbocycles. The fourth-order valence-corrected chi connectivity index (χ4v) is 2.19. The van der Waals surface area contributed by atoms with Gasteiger partial charge in [-0.2, -0.15) is 0 Å². The minimum absolute atomic E-state index is 0.488. The lowest BCUT2D eigenvalue weighted by Gasteiger charge is -2.22.